The first-order chi connectivity index (χ1) is 22.3. The molecule has 2 spiro atoms. The van der Waals surface area contributed by atoms with Gasteiger partial charge in [0.1, 0.15) is 11.5 Å². The summed E-state index contributed by atoms with van der Waals surface area (Å²) >= 11 is 0. The normalized spacial score (nSPS) is 21.8. The van der Waals surface area contributed by atoms with Gasteiger partial charge in [0.2, 0.25) is 0 Å². The number of ether oxygens (including phenoxy) is 2. The Balaban J connectivity index is 0.000000152. The van der Waals surface area contributed by atoms with Crippen LogP contribution in [0, 0.1) is 0 Å². The predicted molar refractivity (Wildman–Crippen MR) is 199 cm³/mol. The van der Waals surface area contributed by atoms with Crippen molar-refractivity contribution in [3.63, 3.8) is 0 Å². The SMILES string of the molecule is CC1(C)CC2(CC(C)(C)c3ccc(N)cc32)c2cc(N)ccc21.CC1(C)CC2(CC(C)(C)c3ccc(N)cc3O2)Oc2cc(N)ccc21. The van der Waals surface area contributed by atoms with Crippen molar-refractivity contribution in [1.82, 2.24) is 0 Å². The molecule has 0 unspecified atom stereocenters. The molecule has 0 aromatic heterocycles. The van der Waals surface area contributed by atoms with Gasteiger partial charge in [-0.05, 0) is 82.3 Å². The van der Waals surface area contributed by atoms with E-state index in [4.69, 9.17) is 32.4 Å². The predicted octanol–water partition coefficient (Wildman–Crippen LogP) is 8.87. The van der Waals surface area contributed by atoms with E-state index in [0.717, 1.165) is 48.6 Å². The molecule has 0 atom stereocenters. The highest BCUT2D eigenvalue weighted by atomic mass is 16.7. The van der Waals surface area contributed by atoms with Gasteiger partial charge in [-0.3, -0.25) is 0 Å². The summed E-state index contributed by atoms with van der Waals surface area (Å²) in [5.74, 6) is 0.924. The first-order valence-electron chi connectivity index (χ1n) is 17.3. The first-order valence-corrected chi connectivity index (χ1v) is 17.3. The van der Waals surface area contributed by atoms with Crippen LogP contribution in [0.2, 0.25) is 0 Å². The summed E-state index contributed by atoms with van der Waals surface area (Å²) in [6.07, 6.45) is 3.79. The Morgan fingerprint density at radius 1 is 0.396 bits per heavy atom. The van der Waals surface area contributed by atoms with Crippen molar-refractivity contribution in [1.29, 1.82) is 0 Å². The van der Waals surface area contributed by atoms with E-state index in [1.54, 1.807) is 0 Å². The Bertz CT molecular complexity index is 1810. The largest absolute Gasteiger partial charge is 0.452 e. The molecular formula is C42H52N4O2. The zero-order valence-electron chi connectivity index (χ0n) is 29.9. The molecule has 0 bridgehead atoms. The van der Waals surface area contributed by atoms with Crippen LogP contribution in [0.5, 0.6) is 11.5 Å². The summed E-state index contributed by atoms with van der Waals surface area (Å²) in [4.78, 5) is 0. The van der Waals surface area contributed by atoms with Gasteiger partial charge in [0, 0.05) is 75.1 Å². The molecule has 4 aromatic carbocycles. The summed E-state index contributed by atoms with van der Waals surface area (Å²) < 4.78 is 12.9. The molecule has 6 nitrogen and oxygen atoms in total. The van der Waals surface area contributed by atoms with Crippen LogP contribution in [0.15, 0.2) is 72.8 Å². The lowest BCUT2D eigenvalue weighted by Gasteiger charge is -2.51. The molecule has 0 saturated carbocycles. The monoisotopic (exact) mass is 644 g/mol. The van der Waals surface area contributed by atoms with E-state index in [-0.39, 0.29) is 27.1 Å². The molecular weight excluding hydrogens is 592 g/mol. The zero-order valence-corrected chi connectivity index (χ0v) is 29.9. The minimum absolute atomic E-state index is 0.0441. The molecule has 0 radical (unpaired) electrons. The maximum Gasteiger partial charge on any atom is 0.252 e. The summed E-state index contributed by atoms with van der Waals surface area (Å²) in [7, 11) is 0. The van der Waals surface area contributed by atoms with Gasteiger partial charge < -0.3 is 32.4 Å². The van der Waals surface area contributed by atoms with Gasteiger partial charge in [-0.2, -0.15) is 0 Å². The maximum absolute atomic E-state index is 6.47. The summed E-state index contributed by atoms with van der Waals surface area (Å²) in [5.41, 5.74) is 35.7. The van der Waals surface area contributed by atoms with E-state index in [2.05, 4.69) is 91.8 Å². The zero-order chi connectivity index (χ0) is 34.7. The number of fused-ring (bicyclic) bond motifs is 6. The molecule has 8 rings (SSSR count). The lowest BCUT2D eigenvalue weighted by molar-refractivity contribution is -0.166. The van der Waals surface area contributed by atoms with Crippen molar-refractivity contribution < 1.29 is 9.47 Å². The first kappa shape index (κ1) is 32.2. The fraction of sp³-hybridized carbons (Fsp3) is 0.429. The molecule has 0 fully saturated rings. The Labute approximate surface area is 286 Å². The topological polar surface area (TPSA) is 123 Å². The standard InChI is InChI=1S/C21H26N2O2.C21H26N2/c1-19(2)11-21(24-17-9-13(22)5-7-15(17)19)12-20(3,4)16-8-6-14(23)10-18(16)25-21;1-19(2)11-21(17-9-13(22)5-7-15(17)19)12-20(3,4)16-8-6-14(23)10-18(16)21/h5-10H,11-12,22-23H2,1-4H3;5-10H,11-12,22-23H2,1-4H3. The molecule has 2 aliphatic carbocycles. The maximum atomic E-state index is 6.47. The third kappa shape index (κ3) is 4.98. The van der Waals surface area contributed by atoms with Crippen molar-refractivity contribution in [2.75, 3.05) is 22.9 Å². The van der Waals surface area contributed by atoms with Crippen LogP contribution in [0.25, 0.3) is 0 Å². The van der Waals surface area contributed by atoms with E-state index in [1.807, 2.05) is 36.4 Å². The average Bonchev–Trinajstić information content (AvgIpc) is 3.30. The van der Waals surface area contributed by atoms with Crippen LogP contribution in [0.1, 0.15) is 114 Å². The van der Waals surface area contributed by atoms with Gasteiger partial charge in [0.05, 0.1) is 0 Å². The minimum atomic E-state index is -0.714. The fourth-order valence-corrected chi connectivity index (χ4v) is 9.91. The van der Waals surface area contributed by atoms with Gasteiger partial charge in [-0.15, -0.1) is 0 Å². The Morgan fingerprint density at radius 3 is 1.08 bits per heavy atom. The molecule has 48 heavy (non-hydrogen) atoms. The van der Waals surface area contributed by atoms with Crippen LogP contribution < -0.4 is 32.4 Å². The highest BCUT2D eigenvalue weighted by Crippen LogP contribution is 2.63. The number of hydrogen-bond acceptors (Lipinski definition) is 6. The van der Waals surface area contributed by atoms with Gasteiger partial charge in [0.25, 0.3) is 5.79 Å². The van der Waals surface area contributed by atoms with Crippen LogP contribution in [0.4, 0.5) is 22.7 Å². The Hall–Kier alpha value is -4.32. The lowest BCUT2D eigenvalue weighted by atomic mass is 9.69. The number of hydrogen-bond donors (Lipinski definition) is 4. The Kier molecular flexibility index (Phi) is 6.78. The van der Waals surface area contributed by atoms with Gasteiger partial charge in [-0.25, -0.2) is 0 Å². The highest BCUT2D eigenvalue weighted by molar-refractivity contribution is 5.65. The summed E-state index contributed by atoms with van der Waals surface area (Å²) in [6.45, 7) is 18.4. The van der Waals surface area contributed by atoms with E-state index in [9.17, 15) is 0 Å². The van der Waals surface area contributed by atoms with Crippen LogP contribution in [-0.2, 0) is 27.1 Å². The minimum Gasteiger partial charge on any atom is -0.452 e. The molecule has 0 amide bonds. The van der Waals surface area contributed by atoms with Crippen LogP contribution >= 0.6 is 0 Å². The third-order valence-electron chi connectivity index (χ3n) is 11.5. The number of anilines is 4. The smallest absolute Gasteiger partial charge is 0.252 e. The second-order valence-electron chi connectivity index (χ2n) is 17.6. The third-order valence-corrected chi connectivity index (χ3v) is 11.5. The number of benzene rings is 4. The second-order valence-corrected chi connectivity index (χ2v) is 17.6. The van der Waals surface area contributed by atoms with Crippen molar-refractivity contribution in [2.45, 2.75) is 114 Å². The van der Waals surface area contributed by atoms with Crippen molar-refractivity contribution >= 4 is 22.7 Å². The molecule has 8 N–H and O–H groups in total. The molecule has 4 aliphatic rings. The van der Waals surface area contributed by atoms with Gasteiger partial charge in [-0.1, -0.05) is 79.7 Å². The summed E-state index contributed by atoms with van der Waals surface area (Å²) in [6, 6.07) is 24.8. The molecule has 4 aromatic rings. The highest BCUT2D eigenvalue weighted by Gasteiger charge is 2.56. The Morgan fingerprint density at radius 2 is 0.708 bits per heavy atom. The number of nitrogens with two attached hydrogens (primary N) is 4. The van der Waals surface area contributed by atoms with E-state index < -0.39 is 5.79 Å². The lowest BCUT2D eigenvalue weighted by Crippen LogP contribution is -2.55. The van der Waals surface area contributed by atoms with Crippen LogP contribution in [0.3, 0.4) is 0 Å². The second kappa shape index (κ2) is 10.1. The van der Waals surface area contributed by atoms with E-state index >= 15 is 0 Å². The average molecular weight is 645 g/mol. The molecule has 0 saturated heterocycles. The van der Waals surface area contributed by atoms with Crippen LogP contribution in [-0.4, -0.2) is 5.79 Å². The molecule has 2 heterocycles. The number of nitrogen functional groups attached to an aromatic ring is 4. The molecule has 2 aliphatic heterocycles. The quantitative estimate of drug-likeness (QED) is 0.142. The molecule has 252 valence electrons. The van der Waals surface area contributed by atoms with Gasteiger partial charge in [0.15, 0.2) is 0 Å². The van der Waals surface area contributed by atoms with Gasteiger partial charge >= 0.3 is 0 Å². The summed E-state index contributed by atoms with van der Waals surface area (Å²) in [5, 5.41) is 0. The fourth-order valence-electron chi connectivity index (χ4n) is 9.91. The number of rotatable bonds is 0. The van der Waals surface area contributed by atoms with E-state index in [0.29, 0.717) is 11.4 Å². The van der Waals surface area contributed by atoms with Crippen molar-refractivity contribution in [3.8, 4) is 11.5 Å². The van der Waals surface area contributed by atoms with E-state index in [1.165, 1.54) is 33.4 Å². The molecule has 6 heteroatoms. The van der Waals surface area contributed by atoms with Crippen molar-refractivity contribution in [2.24, 2.45) is 0 Å². The van der Waals surface area contributed by atoms with Crippen molar-refractivity contribution in [3.05, 3.63) is 106 Å².